The lowest BCUT2D eigenvalue weighted by Gasteiger charge is -2.15. The minimum atomic E-state index is -0.333. The Hall–Kier alpha value is -3.52. The molecule has 0 saturated heterocycles. The molecule has 1 aliphatic rings. The average molecular weight is 418 g/mol. The van der Waals surface area contributed by atoms with Crippen molar-refractivity contribution in [2.24, 2.45) is 0 Å². The lowest BCUT2D eigenvalue weighted by Crippen LogP contribution is -2.32. The number of carbonyl (C=O) groups excluding carboxylic acids is 1. The summed E-state index contributed by atoms with van der Waals surface area (Å²) >= 11 is 1.19. The van der Waals surface area contributed by atoms with Crippen LogP contribution >= 0.6 is 11.3 Å². The summed E-state index contributed by atoms with van der Waals surface area (Å²) in [6, 6.07) is 15.0. The van der Waals surface area contributed by atoms with E-state index in [-0.39, 0.29) is 11.5 Å². The lowest BCUT2D eigenvalue weighted by atomic mass is 10.1. The van der Waals surface area contributed by atoms with Gasteiger partial charge in [-0.3, -0.25) is 9.59 Å². The molecule has 7 nitrogen and oxygen atoms in total. The molecule has 5 rings (SSSR count). The van der Waals surface area contributed by atoms with E-state index in [0.717, 1.165) is 17.7 Å². The third kappa shape index (κ3) is 2.64. The number of thiazole rings is 1. The second kappa shape index (κ2) is 7.07. The number of hydrogen-bond acceptors (Lipinski definition) is 6. The van der Waals surface area contributed by atoms with Gasteiger partial charge < -0.3 is 9.64 Å². The summed E-state index contributed by atoms with van der Waals surface area (Å²) in [5.41, 5.74) is 2.43. The molecule has 0 saturated carbocycles. The zero-order valence-corrected chi connectivity index (χ0v) is 17.3. The standard InChI is InChI=1S/C22H18N4O3S/c1-3-12-25-15-10-6-4-8-13(15)17(20(25)27)18-21(28)26-22(30-18)23-19(24-26)14-9-5-7-11-16(14)29-2/h4-11H,3,12H2,1-2H3. The number of ether oxygens (including phenoxy) is 1. The Morgan fingerprint density at radius 3 is 2.50 bits per heavy atom. The number of anilines is 1. The Morgan fingerprint density at radius 1 is 1.03 bits per heavy atom. The highest BCUT2D eigenvalue weighted by Crippen LogP contribution is 2.35. The maximum absolute atomic E-state index is 13.2. The first kappa shape index (κ1) is 18.5. The third-order valence-electron chi connectivity index (χ3n) is 5.10. The Morgan fingerprint density at radius 2 is 1.77 bits per heavy atom. The minimum absolute atomic E-state index is 0.149. The van der Waals surface area contributed by atoms with Crippen molar-refractivity contribution in [2.75, 3.05) is 18.6 Å². The molecular weight excluding hydrogens is 400 g/mol. The number of fused-ring (bicyclic) bond motifs is 2. The van der Waals surface area contributed by atoms with Gasteiger partial charge in [-0.1, -0.05) is 48.6 Å². The van der Waals surface area contributed by atoms with Crippen molar-refractivity contribution in [2.45, 2.75) is 13.3 Å². The van der Waals surface area contributed by atoms with Crippen molar-refractivity contribution in [3.05, 3.63) is 69.0 Å². The van der Waals surface area contributed by atoms with Crippen LogP contribution in [0.1, 0.15) is 18.9 Å². The van der Waals surface area contributed by atoms with E-state index >= 15 is 0 Å². The molecule has 0 aliphatic carbocycles. The van der Waals surface area contributed by atoms with Gasteiger partial charge in [-0.25, -0.2) is 0 Å². The van der Waals surface area contributed by atoms with Crippen molar-refractivity contribution >= 4 is 33.5 Å². The van der Waals surface area contributed by atoms with E-state index in [0.29, 0.717) is 38.7 Å². The molecule has 0 radical (unpaired) electrons. The third-order valence-corrected chi connectivity index (χ3v) is 6.13. The molecular formula is C22H18N4O3S. The van der Waals surface area contributed by atoms with Gasteiger partial charge >= 0.3 is 0 Å². The molecule has 3 heterocycles. The number of hydrogen-bond donors (Lipinski definition) is 0. The van der Waals surface area contributed by atoms with E-state index < -0.39 is 0 Å². The van der Waals surface area contributed by atoms with Gasteiger partial charge in [0.1, 0.15) is 10.3 Å². The topological polar surface area (TPSA) is 76.8 Å². The van der Waals surface area contributed by atoms with Crippen LogP contribution in [0.3, 0.4) is 0 Å². The number of aromatic nitrogens is 3. The molecule has 30 heavy (non-hydrogen) atoms. The predicted molar refractivity (Wildman–Crippen MR) is 116 cm³/mol. The number of benzene rings is 2. The highest BCUT2D eigenvalue weighted by atomic mass is 32.1. The van der Waals surface area contributed by atoms with Crippen LogP contribution in [0.25, 0.3) is 21.9 Å². The van der Waals surface area contributed by atoms with Gasteiger partial charge in [0.15, 0.2) is 5.82 Å². The largest absolute Gasteiger partial charge is 0.496 e. The predicted octanol–water partition coefficient (Wildman–Crippen LogP) is 2.50. The second-order valence-corrected chi connectivity index (χ2v) is 7.89. The fourth-order valence-corrected chi connectivity index (χ4v) is 4.77. The number of rotatable bonds is 4. The molecule has 0 N–H and O–H groups in total. The van der Waals surface area contributed by atoms with Gasteiger partial charge in [0.05, 0.1) is 23.9 Å². The first-order valence-corrected chi connectivity index (χ1v) is 10.4. The average Bonchev–Trinajstić information content (AvgIpc) is 3.40. The van der Waals surface area contributed by atoms with E-state index in [4.69, 9.17) is 4.74 Å². The van der Waals surface area contributed by atoms with Crippen LogP contribution in [-0.4, -0.2) is 34.2 Å². The first-order valence-electron chi connectivity index (χ1n) is 9.62. The first-order chi connectivity index (χ1) is 14.6. The van der Waals surface area contributed by atoms with Gasteiger partial charge in [0.2, 0.25) is 4.96 Å². The molecule has 4 aromatic rings. The second-order valence-electron chi connectivity index (χ2n) is 6.92. The maximum Gasteiger partial charge on any atom is 0.291 e. The monoisotopic (exact) mass is 418 g/mol. The van der Waals surface area contributed by atoms with Crippen LogP contribution in [0.4, 0.5) is 5.69 Å². The van der Waals surface area contributed by atoms with Crippen molar-refractivity contribution in [1.82, 2.24) is 14.6 Å². The Labute approximate surface area is 175 Å². The van der Waals surface area contributed by atoms with E-state index in [1.54, 1.807) is 12.0 Å². The van der Waals surface area contributed by atoms with Crippen molar-refractivity contribution < 1.29 is 9.53 Å². The van der Waals surface area contributed by atoms with Crippen molar-refractivity contribution in [3.63, 3.8) is 0 Å². The summed E-state index contributed by atoms with van der Waals surface area (Å²) in [4.78, 5) is 33.1. The zero-order chi connectivity index (χ0) is 20.8. The fraction of sp³-hybridized carbons (Fsp3) is 0.182. The molecule has 2 aromatic carbocycles. The number of methoxy groups -OCH3 is 1. The summed E-state index contributed by atoms with van der Waals surface area (Å²) < 4.78 is 7.02. The van der Waals surface area contributed by atoms with Crippen LogP contribution in [0.5, 0.6) is 5.75 Å². The summed E-state index contributed by atoms with van der Waals surface area (Å²) in [5.74, 6) is 0.899. The van der Waals surface area contributed by atoms with Gasteiger partial charge in [0, 0.05) is 12.1 Å². The molecule has 8 heteroatoms. The molecule has 1 amide bonds. The van der Waals surface area contributed by atoms with Crippen molar-refractivity contribution in [3.8, 4) is 17.1 Å². The van der Waals surface area contributed by atoms with E-state index in [1.165, 1.54) is 15.9 Å². The van der Waals surface area contributed by atoms with E-state index in [9.17, 15) is 9.59 Å². The number of amides is 1. The summed E-state index contributed by atoms with van der Waals surface area (Å²) in [5, 5.41) is 4.40. The molecule has 0 spiro atoms. The molecule has 0 bridgehead atoms. The van der Waals surface area contributed by atoms with Crippen LogP contribution < -0.4 is 19.7 Å². The number of para-hydroxylation sites is 2. The maximum atomic E-state index is 13.2. The lowest BCUT2D eigenvalue weighted by molar-refractivity contribution is -0.113. The molecule has 0 atom stereocenters. The highest BCUT2D eigenvalue weighted by Gasteiger charge is 2.33. The van der Waals surface area contributed by atoms with Crippen molar-refractivity contribution in [1.29, 1.82) is 0 Å². The van der Waals surface area contributed by atoms with Gasteiger partial charge in [-0.05, 0) is 24.6 Å². The normalized spacial score (nSPS) is 15.1. The van der Waals surface area contributed by atoms with Gasteiger partial charge in [-0.2, -0.15) is 9.50 Å². The highest BCUT2D eigenvalue weighted by molar-refractivity contribution is 7.15. The van der Waals surface area contributed by atoms with Gasteiger partial charge in [0.25, 0.3) is 11.5 Å². The van der Waals surface area contributed by atoms with Crippen LogP contribution in [0.15, 0.2) is 53.3 Å². The summed E-state index contributed by atoms with van der Waals surface area (Å²) in [6.07, 6.45) is 0.829. The Balaban J connectivity index is 1.72. The van der Waals surface area contributed by atoms with E-state index in [2.05, 4.69) is 10.1 Å². The molecule has 150 valence electrons. The molecule has 2 aromatic heterocycles. The fourth-order valence-electron chi connectivity index (χ4n) is 3.77. The quantitative estimate of drug-likeness (QED) is 0.509. The zero-order valence-electron chi connectivity index (χ0n) is 16.5. The molecule has 0 unspecified atom stereocenters. The molecule has 0 fully saturated rings. The SMILES string of the molecule is CCCN1C(=O)C(=c2sc3nc(-c4ccccc4OC)nn3c2=O)c2ccccc21. The minimum Gasteiger partial charge on any atom is -0.496 e. The van der Waals surface area contributed by atoms with Crippen LogP contribution in [0, 0.1) is 0 Å². The van der Waals surface area contributed by atoms with Gasteiger partial charge in [-0.15, -0.1) is 5.10 Å². The van der Waals surface area contributed by atoms with E-state index in [1.807, 2.05) is 55.5 Å². The summed E-state index contributed by atoms with van der Waals surface area (Å²) in [6.45, 7) is 2.63. The Bertz CT molecular complexity index is 1410. The number of carbonyl (C=O) groups is 1. The molecule has 1 aliphatic heterocycles. The summed E-state index contributed by atoms with van der Waals surface area (Å²) in [7, 11) is 1.58. The van der Waals surface area contributed by atoms with Crippen LogP contribution in [-0.2, 0) is 4.79 Å². The van der Waals surface area contributed by atoms with Crippen LogP contribution in [0.2, 0.25) is 0 Å². The Kier molecular flexibility index (Phi) is 4.36. The number of nitrogens with zero attached hydrogens (tertiary/aromatic N) is 4. The smallest absolute Gasteiger partial charge is 0.291 e.